The molecular weight excluding hydrogens is 704 g/mol. The summed E-state index contributed by atoms with van der Waals surface area (Å²) in [6.07, 6.45) is 2.04. The van der Waals surface area contributed by atoms with Gasteiger partial charge in [0.2, 0.25) is 0 Å². The van der Waals surface area contributed by atoms with E-state index >= 15 is 0 Å². The quantitative estimate of drug-likeness (QED) is 0.149. The van der Waals surface area contributed by atoms with E-state index in [1.807, 2.05) is 37.3 Å². The number of aliphatic carboxylic acids is 1. The van der Waals surface area contributed by atoms with E-state index in [1.165, 1.54) is 5.57 Å². The predicted molar refractivity (Wildman–Crippen MR) is 201 cm³/mol. The second-order valence-electron chi connectivity index (χ2n) is 20.0. The molecule has 0 amide bonds. The third-order valence-corrected chi connectivity index (χ3v) is 17.3. The van der Waals surface area contributed by atoms with Gasteiger partial charge < -0.3 is 50.0 Å². The van der Waals surface area contributed by atoms with E-state index in [4.69, 9.17) is 14.2 Å². The Kier molecular flexibility index (Phi) is 10.0. The van der Waals surface area contributed by atoms with Crippen molar-refractivity contribution in [3.05, 3.63) is 47.5 Å². The molecule has 2 bridgehead atoms. The first-order valence-corrected chi connectivity index (χ1v) is 20.9. The molecule has 11 nitrogen and oxygen atoms in total. The van der Waals surface area contributed by atoms with Gasteiger partial charge in [0.25, 0.3) is 0 Å². The van der Waals surface area contributed by atoms with Crippen molar-refractivity contribution in [2.24, 2.45) is 56.2 Å². The molecule has 1 aromatic rings. The monoisotopic (exact) mass is 768 g/mol. The molecule has 1 aliphatic heterocycles. The van der Waals surface area contributed by atoms with Gasteiger partial charge in [-0.05, 0) is 109 Å². The number of carboxylic acid groups (broad SMARTS) is 1. The SMILES string of the molecule is C[C@@]1(CO)CC2C3=C[C@H]4CCC[C@@]5(CC[C@@H]6[C@](C)(CO)[C@H](O[C@H]7OC[C@@H](O)[C@H](O)[C@H]7O)[C@H](OCc7ccccc7)C[C@@]6(C)[C@@H]45)[C@]3(C)CC[C@]2(C(=O)O)[C@H](O)C1. The lowest BCUT2D eigenvalue weighted by molar-refractivity contribution is -0.336. The standard InChI is InChI=1S/C44H64O11/c1-39(23-45)18-28-27-17-26-11-8-13-43(42(27,4)15-16-44(28,38(51)52)32(48)20-39)14-12-31-40(2,35(26)43)19-30(53-21-25-9-6-5-7-10-25)36(41(31,3)24-46)55-37-34(50)33(49)29(47)22-54-37/h5-7,9-10,17,26,28-37,45-50H,8,11-16,18-24H2,1-4H3,(H,51,52)/t26-,28?,29-,30-,31+,32-,33+,34-,35-,36-,37-,39-,40-,41+,42-,43+,44-/m1/s1. The summed E-state index contributed by atoms with van der Waals surface area (Å²) < 4.78 is 19.4. The van der Waals surface area contributed by atoms with Crippen molar-refractivity contribution in [1.82, 2.24) is 0 Å². The number of hydrogen-bond donors (Lipinski definition) is 7. The lowest BCUT2D eigenvalue weighted by atomic mass is 9.29. The first kappa shape index (κ1) is 39.9. The summed E-state index contributed by atoms with van der Waals surface area (Å²) in [6, 6.07) is 9.93. The highest BCUT2D eigenvalue weighted by molar-refractivity contribution is 5.77. The fourth-order valence-electron chi connectivity index (χ4n) is 14.7. The summed E-state index contributed by atoms with van der Waals surface area (Å²) in [7, 11) is 0. The van der Waals surface area contributed by atoms with Crippen LogP contribution in [0.5, 0.6) is 0 Å². The molecule has 17 atom stereocenters. The average Bonchev–Trinajstić information content (AvgIpc) is 3.16. The van der Waals surface area contributed by atoms with Crippen LogP contribution in [0.1, 0.15) is 97.5 Å². The first-order valence-electron chi connectivity index (χ1n) is 20.9. The Labute approximate surface area is 325 Å². The summed E-state index contributed by atoms with van der Waals surface area (Å²) in [5, 5.41) is 76.6. The molecule has 6 fully saturated rings. The zero-order chi connectivity index (χ0) is 39.3. The number of carbonyl (C=O) groups is 1. The van der Waals surface area contributed by atoms with Crippen LogP contribution in [-0.2, 0) is 25.6 Å². The maximum absolute atomic E-state index is 13.3. The van der Waals surface area contributed by atoms with Crippen molar-refractivity contribution in [1.29, 1.82) is 0 Å². The summed E-state index contributed by atoms with van der Waals surface area (Å²) >= 11 is 0. The highest BCUT2D eigenvalue weighted by Crippen LogP contribution is 2.79. The van der Waals surface area contributed by atoms with E-state index in [2.05, 4.69) is 26.8 Å². The minimum Gasteiger partial charge on any atom is -0.481 e. The van der Waals surface area contributed by atoms with Crippen LogP contribution in [-0.4, -0.2) is 104 Å². The van der Waals surface area contributed by atoms with Crippen LogP contribution in [0.25, 0.3) is 0 Å². The summed E-state index contributed by atoms with van der Waals surface area (Å²) in [4.78, 5) is 13.3. The van der Waals surface area contributed by atoms with E-state index in [9.17, 15) is 40.5 Å². The number of hydrogen-bond acceptors (Lipinski definition) is 10. The molecule has 1 heterocycles. The lowest BCUT2D eigenvalue weighted by Crippen LogP contribution is -2.72. The molecule has 0 spiro atoms. The van der Waals surface area contributed by atoms with Gasteiger partial charge in [0.1, 0.15) is 23.7 Å². The molecule has 55 heavy (non-hydrogen) atoms. The van der Waals surface area contributed by atoms with Crippen LogP contribution in [0.2, 0.25) is 0 Å². The van der Waals surface area contributed by atoms with Crippen LogP contribution in [0.3, 0.4) is 0 Å². The normalized spacial score (nSPS) is 51.8. The number of allylic oxidation sites excluding steroid dienone is 2. The van der Waals surface area contributed by atoms with Crippen LogP contribution >= 0.6 is 0 Å². The Morgan fingerprint density at radius 2 is 1.64 bits per heavy atom. The van der Waals surface area contributed by atoms with Crippen LogP contribution in [0.15, 0.2) is 42.0 Å². The summed E-state index contributed by atoms with van der Waals surface area (Å²) in [6.45, 7) is 8.65. The van der Waals surface area contributed by atoms with Crippen molar-refractivity contribution in [2.45, 2.75) is 141 Å². The highest BCUT2D eigenvalue weighted by atomic mass is 16.7. The van der Waals surface area contributed by atoms with Gasteiger partial charge in [-0.25, -0.2) is 0 Å². The van der Waals surface area contributed by atoms with Gasteiger partial charge in [0.15, 0.2) is 6.29 Å². The fraction of sp³-hybridized carbons (Fsp3) is 0.795. The molecule has 0 radical (unpaired) electrons. The van der Waals surface area contributed by atoms with Gasteiger partial charge in [-0.2, -0.15) is 0 Å². The van der Waals surface area contributed by atoms with Crippen LogP contribution in [0.4, 0.5) is 0 Å². The number of aliphatic hydroxyl groups excluding tert-OH is 6. The van der Waals surface area contributed by atoms with E-state index < -0.39 is 65.1 Å². The zero-order valence-corrected chi connectivity index (χ0v) is 33.0. The highest BCUT2D eigenvalue weighted by Gasteiger charge is 2.75. The number of fused-ring (bicyclic) bond motifs is 4. The molecule has 306 valence electrons. The Bertz CT molecular complexity index is 1640. The lowest BCUT2D eigenvalue weighted by Gasteiger charge is -2.75. The van der Waals surface area contributed by atoms with Gasteiger partial charge in [-0.1, -0.05) is 76.1 Å². The average molecular weight is 769 g/mol. The summed E-state index contributed by atoms with van der Waals surface area (Å²) in [5.41, 5.74) is -1.31. The largest absolute Gasteiger partial charge is 0.481 e. The topological polar surface area (TPSA) is 186 Å². The maximum atomic E-state index is 13.3. The molecule has 1 aromatic carbocycles. The van der Waals surface area contributed by atoms with E-state index in [0.29, 0.717) is 32.3 Å². The number of benzene rings is 1. The minimum atomic E-state index is -1.49. The van der Waals surface area contributed by atoms with E-state index in [-0.39, 0.29) is 66.2 Å². The molecule has 1 unspecified atom stereocenters. The number of rotatable bonds is 8. The second-order valence-corrected chi connectivity index (χ2v) is 20.0. The molecule has 7 aliphatic rings. The van der Waals surface area contributed by atoms with Crippen molar-refractivity contribution < 1.29 is 54.8 Å². The number of carboxylic acids is 1. The van der Waals surface area contributed by atoms with Gasteiger partial charge in [0.05, 0.1) is 38.1 Å². The number of ether oxygens (including phenoxy) is 3. The molecule has 6 aliphatic carbocycles. The Hall–Kier alpha value is -1.93. The summed E-state index contributed by atoms with van der Waals surface area (Å²) in [5.74, 6) is -0.949. The Morgan fingerprint density at radius 3 is 2.33 bits per heavy atom. The molecule has 7 N–H and O–H groups in total. The van der Waals surface area contributed by atoms with Gasteiger partial charge in [-0.15, -0.1) is 0 Å². The Balaban J connectivity index is 1.22. The van der Waals surface area contributed by atoms with Crippen LogP contribution < -0.4 is 0 Å². The smallest absolute Gasteiger partial charge is 0.312 e. The predicted octanol–water partition coefficient (Wildman–Crippen LogP) is 4.20. The molecule has 5 saturated carbocycles. The van der Waals surface area contributed by atoms with Gasteiger partial charge >= 0.3 is 5.97 Å². The first-order chi connectivity index (χ1) is 26.0. The van der Waals surface area contributed by atoms with E-state index in [0.717, 1.165) is 37.7 Å². The zero-order valence-electron chi connectivity index (χ0n) is 33.0. The molecule has 11 heteroatoms. The van der Waals surface area contributed by atoms with Gasteiger partial charge in [0, 0.05) is 12.0 Å². The van der Waals surface area contributed by atoms with Crippen molar-refractivity contribution in [2.75, 3.05) is 19.8 Å². The van der Waals surface area contributed by atoms with E-state index in [1.54, 1.807) is 0 Å². The molecule has 0 aromatic heterocycles. The van der Waals surface area contributed by atoms with Crippen molar-refractivity contribution in [3.63, 3.8) is 0 Å². The Morgan fingerprint density at radius 1 is 0.891 bits per heavy atom. The van der Waals surface area contributed by atoms with Gasteiger partial charge in [-0.3, -0.25) is 4.79 Å². The van der Waals surface area contributed by atoms with Crippen LogP contribution in [0, 0.1) is 56.2 Å². The molecular formula is C44H64O11. The molecule has 8 rings (SSSR count). The van der Waals surface area contributed by atoms with Crippen molar-refractivity contribution >= 4 is 5.97 Å². The maximum Gasteiger partial charge on any atom is 0.312 e. The van der Waals surface area contributed by atoms with Crippen molar-refractivity contribution in [3.8, 4) is 0 Å². The fourth-order valence-corrected chi connectivity index (χ4v) is 14.7. The second kappa shape index (κ2) is 13.8. The number of aliphatic hydroxyl groups is 6. The molecule has 1 saturated heterocycles. The third kappa shape index (κ3) is 5.64. The minimum absolute atomic E-state index is 0.00372. The third-order valence-electron chi connectivity index (χ3n) is 17.3.